The lowest BCUT2D eigenvalue weighted by Crippen LogP contribution is -2.26. The van der Waals surface area contributed by atoms with Crippen LogP contribution >= 0.6 is 0 Å². The molecule has 5 nitrogen and oxygen atoms in total. The number of nitrogens with one attached hydrogen (secondary N) is 1. The van der Waals surface area contributed by atoms with Gasteiger partial charge in [-0.1, -0.05) is 42.5 Å². The van der Waals surface area contributed by atoms with Crippen LogP contribution in [0.2, 0.25) is 0 Å². The van der Waals surface area contributed by atoms with Crippen LogP contribution in [0.5, 0.6) is 5.75 Å². The number of hydrogen-bond donors (Lipinski definition) is 2. The summed E-state index contributed by atoms with van der Waals surface area (Å²) in [6, 6.07) is 16.1. The molecule has 2 N–H and O–H groups in total. The molecule has 0 aliphatic rings. The van der Waals surface area contributed by atoms with Crippen molar-refractivity contribution >= 4 is 11.6 Å². The van der Waals surface area contributed by atoms with E-state index in [2.05, 4.69) is 10.5 Å². The molecule has 0 bridgehead atoms. The molecule has 0 heterocycles. The average molecular weight is 298 g/mol. The molecule has 0 fully saturated rings. The number of hydrogen-bond acceptors (Lipinski definition) is 4. The summed E-state index contributed by atoms with van der Waals surface area (Å²) < 4.78 is 5.14. The second kappa shape index (κ2) is 7.38. The Morgan fingerprint density at radius 2 is 1.91 bits per heavy atom. The number of aliphatic hydroxyl groups is 1. The van der Waals surface area contributed by atoms with Crippen molar-refractivity contribution in [2.75, 3.05) is 7.11 Å². The van der Waals surface area contributed by atoms with Gasteiger partial charge in [-0.2, -0.15) is 5.10 Å². The second-order valence-electron chi connectivity index (χ2n) is 4.72. The van der Waals surface area contributed by atoms with Crippen LogP contribution in [0.15, 0.2) is 59.7 Å². The van der Waals surface area contributed by atoms with E-state index in [0.717, 1.165) is 5.56 Å². The summed E-state index contributed by atoms with van der Waals surface area (Å²) in [6.07, 6.45) is -1.25. The smallest absolute Gasteiger partial charge is 0.273 e. The van der Waals surface area contributed by atoms with E-state index in [1.165, 1.54) is 0 Å². The maximum absolute atomic E-state index is 11.9. The maximum atomic E-state index is 11.9. The predicted octanol–water partition coefficient (Wildman–Crippen LogP) is 2.27. The largest absolute Gasteiger partial charge is 0.497 e. The molecule has 0 saturated carbocycles. The van der Waals surface area contributed by atoms with E-state index in [1.807, 2.05) is 30.3 Å². The molecule has 5 heteroatoms. The first-order chi connectivity index (χ1) is 10.6. The van der Waals surface area contributed by atoms with E-state index in [4.69, 9.17) is 4.74 Å². The molecule has 0 spiro atoms. The van der Waals surface area contributed by atoms with Gasteiger partial charge in [0.15, 0.2) is 6.10 Å². The summed E-state index contributed by atoms with van der Waals surface area (Å²) in [5.41, 5.74) is 4.34. The number of hydrazone groups is 1. The Hall–Kier alpha value is -2.66. The van der Waals surface area contributed by atoms with Gasteiger partial charge in [-0.3, -0.25) is 4.79 Å². The van der Waals surface area contributed by atoms with Crippen molar-refractivity contribution in [2.24, 2.45) is 5.10 Å². The number of aliphatic hydroxyl groups excluding tert-OH is 1. The van der Waals surface area contributed by atoms with E-state index >= 15 is 0 Å². The first kappa shape index (κ1) is 15.7. The third kappa shape index (κ3) is 3.93. The zero-order valence-corrected chi connectivity index (χ0v) is 12.5. The molecule has 0 aliphatic heterocycles. The minimum atomic E-state index is -1.25. The fraction of sp³-hybridized carbons (Fsp3) is 0.176. The van der Waals surface area contributed by atoms with Crippen LogP contribution in [0.3, 0.4) is 0 Å². The van der Waals surface area contributed by atoms with Crippen molar-refractivity contribution in [3.63, 3.8) is 0 Å². The minimum Gasteiger partial charge on any atom is -0.497 e. The zero-order valence-electron chi connectivity index (χ0n) is 12.5. The van der Waals surface area contributed by atoms with Gasteiger partial charge < -0.3 is 9.84 Å². The second-order valence-corrected chi connectivity index (χ2v) is 4.72. The van der Waals surface area contributed by atoms with Crippen LogP contribution < -0.4 is 10.2 Å². The number of rotatable bonds is 5. The zero-order chi connectivity index (χ0) is 15.9. The van der Waals surface area contributed by atoms with Crippen LogP contribution in [-0.4, -0.2) is 23.8 Å². The van der Waals surface area contributed by atoms with Crippen LogP contribution in [-0.2, 0) is 4.79 Å². The Morgan fingerprint density at radius 3 is 2.59 bits per heavy atom. The van der Waals surface area contributed by atoms with Crippen LogP contribution in [0.1, 0.15) is 24.2 Å². The van der Waals surface area contributed by atoms with E-state index < -0.39 is 12.0 Å². The number of amides is 1. The van der Waals surface area contributed by atoms with E-state index in [-0.39, 0.29) is 0 Å². The van der Waals surface area contributed by atoms with Crippen molar-refractivity contribution in [2.45, 2.75) is 13.0 Å². The highest BCUT2D eigenvalue weighted by Crippen LogP contribution is 2.14. The van der Waals surface area contributed by atoms with Gasteiger partial charge in [-0.15, -0.1) is 0 Å². The molecule has 0 unspecified atom stereocenters. The van der Waals surface area contributed by atoms with Gasteiger partial charge in [-0.05, 0) is 24.6 Å². The van der Waals surface area contributed by atoms with Crippen molar-refractivity contribution < 1.29 is 14.6 Å². The Bertz CT molecular complexity index is 669. The lowest BCUT2D eigenvalue weighted by Gasteiger charge is -2.09. The maximum Gasteiger partial charge on any atom is 0.273 e. The first-order valence-corrected chi connectivity index (χ1v) is 6.83. The molecule has 2 aromatic rings. The molecule has 0 saturated heterocycles. The van der Waals surface area contributed by atoms with Gasteiger partial charge in [0, 0.05) is 5.56 Å². The van der Waals surface area contributed by atoms with Gasteiger partial charge >= 0.3 is 0 Å². The van der Waals surface area contributed by atoms with Crippen LogP contribution in [0.25, 0.3) is 0 Å². The molecule has 2 aromatic carbocycles. The number of carbonyl (C=O) groups is 1. The van der Waals surface area contributed by atoms with E-state index in [9.17, 15) is 9.90 Å². The van der Waals surface area contributed by atoms with Crippen molar-refractivity contribution in [1.82, 2.24) is 5.43 Å². The standard InChI is InChI=1S/C17H18N2O3/c1-12(14-9-6-10-15(11-14)22-2)18-19-17(21)16(20)13-7-4-3-5-8-13/h3-11,16,20H,1-2H3,(H,19,21)/b18-12-/t16-/m0/s1. The van der Waals surface area contributed by atoms with E-state index in [0.29, 0.717) is 17.0 Å². The Labute approximate surface area is 129 Å². The number of carbonyl (C=O) groups excluding carboxylic acids is 1. The fourth-order valence-corrected chi connectivity index (χ4v) is 1.90. The summed E-state index contributed by atoms with van der Waals surface area (Å²) in [5, 5.41) is 14.0. The van der Waals surface area contributed by atoms with Crippen molar-refractivity contribution in [1.29, 1.82) is 0 Å². The third-order valence-corrected chi connectivity index (χ3v) is 3.18. The van der Waals surface area contributed by atoms with Gasteiger partial charge in [0.1, 0.15) is 5.75 Å². The molecule has 0 aliphatic carbocycles. The Kier molecular flexibility index (Phi) is 5.27. The molecular formula is C17H18N2O3. The molecule has 22 heavy (non-hydrogen) atoms. The van der Waals surface area contributed by atoms with Gasteiger partial charge in [0.2, 0.25) is 0 Å². The Balaban J connectivity index is 2.05. The Morgan fingerprint density at radius 1 is 1.18 bits per heavy atom. The lowest BCUT2D eigenvalue weighted by atomic mass is 10.1. The first-order valence-electron chi connectivity index (χ1n) is 6.83. The number of benzene rings is 2. The molecule has 1 amide bonds. The van der Waals surface area contributed by atoms with Gasteiger partial charge in [0.25, 0.3) is 5.91 Å². The van der Waals surface area contributed by atoms with Gasteiger partial charge in [-0.25, -0.2) is 5.43 Å². The molecule has 0 radical (unpaired) electrons. The summed E-state index contributed by atoms with van der Waals surface area (Å²) in [4.78, 5) is 11.9. The fourth-order valence-electron chi connectivity index (χ4n) is 1.90. The molecular weight excluding hydrogens is 280 g/mol. The molecule has 114 valence electrons. The summed E-state index contributed by atoms with van der Waals surface area (Å²) in [5.74, 6) is 0.135. The van der Waals surface area contributed by atoms with E-state index in [1.54, 1.807) is 38.3 Å². The molecule has 1 atom stereocenters. The summed E-state index contributed by atoms with van der Waals surface area (Å²) in [6.45, 7) is 1.77. The number of nitrogens with zero attached hydrogens (tertiary/aromatic N) is 1. The third-order valence-electron chi connectivity index (χ3n) is 3.18. The monoisotopic (exact) mass is 298 g/mol. The average Bonchev–Trinajstić information content (AvgIpc) is 2.59. The van der Waals surface area contributed by atoms with Crippen LogP contribution in [0, 0.1) is 0 Å². The minimum absolute atomic E-state index is 0.522. The highest BCUT2D eigenvalue weighted by molar-refractivity contribution is 5.99. The molecule has 2 rings (SSSR count). The predicted molar refractivity (Wildman–Crippen MR) is 84.7 cm³/mol. The number of ether oxygens (including phenoxy) is 1. The van der Waals surface area contributed by atoms with Crippen LogP contribution in [0.4, 0.5) is 0 Å². The van der Waals surface area contributed by atoms with Crippen molar-refractivity contribution in [3.8, 4) is 5.75 Å². The van der Waals surface area contributed by atoms with Gasteiger partial charge in [0.05, 0.1) is 12.8 Å². The highest BCUT2D eigenvalue weighted by Gasteiger charge is 2.16. The topological polar surface area (TPSA) is 70.9 Å². The lowest BCUT2D eigenvalue weighted by molar-refractivity contribution is -0.129. The summed E-state index contributed by atoms with van der Waals surface area (Å²) in [7, 11) is 1.59. The highest BCUT2D eigenvalue weighted by atomic mass is 16.5. The molecule has 0 aromatic heterocycles. The number of methoxy groups -OCH3 is 1. The summed E-state index contributed by atoms with van der Waals surface area (Å²) >= 11 is 0. The quantitative estimate of drug-likeness (QED) is 0.657. The van der Waals surface area contributed by atoms with Crippen molar-refractivity contribution in [3.05, 3.63) is 65.7 Å². The SMILES string of the molecule is COc1cccc(/C(C)=N\NC(=O)[C@@H](O)c2ccccc2)c1. The normalized spacial score (nSPS) is 12.6.